The van der Waals surface area contributed by atoms with Crippen molar-refractivity contribution in [2.45, 2.75) is 12.1 Å². The van der Waals surface area contributed by atoms with Crippen molar-refractivity contribution in [1.82, 2.24) is 0 Å². The molecule has 0 spiro atoms. The van der Waals surface area contributed by atoms with Gasteiger partial charge in [-0.15, -0.1) is 0 Å². The van der Waals surface area contributed by atoms with Gasteiger partial charge < -0.3 is 5.32 Å². The van der Waals surface area contributed by atoms with E-state index in [0.717, 1.165) is 0 Å². The number of amides is 1. The summed E-state index contributed by atoms with van der Waals surface area (Å²) >= 11 is 5.84. The number of halogens is 7. The summed E-state index contributed by atoms with van der Waals surface area (Å²) in [5, 5.41) is 1.52. The van der Waals surface area contributed by atoms with Gasteiger partial charge in [0.15, 0.2) is 0 Å². The second-order valence-corrected chi connectivity index (χ2v) is 4.83. The molecule has 1 aromatic rings. The average molecular weight is 397 g/mol. The molecule has 0 aliphatic carbocycles. The highest BCUT2D eigenvalue weighted by atomic mass is 79.9. The highest BCUT2D eigenvalue weighted by molar-refractivity contribution is 9.11. The van der Waals surface area contributed by atoms with E-state index in [-0.39, 0.29) is 14.6 Å². The smallest absolute Gasteiger partial charge is 0.319 e. The van der Waals surface area contributed by atoms with Crippen LogP contribution < -0.4 is 5.32 Å². The first-order valence-electron chi connectivity index (χ1n) is 4.27. The fraction of sp³-hybridized carbons (Fsp3) is 0.222. The van der Waals surface area contributed by atoms with Gasteiger partial charge in [-0.25, -0.2) is 0 Å². The Morgan fingerprint density at radius 2 is 1.50 bits per heavy atom. The number of para-hydroxylation sites is 1. The zero-order chi connectivity index (χ0) is 14.1. The summed E-state index contributed by atoms with van der Waals surface area (Å²) in [5.41, 5.74) is -0.202. The SMILES string of the molecule is O=C(Nc1c(Br)cccc1Br)C(F)(F)C(F)(F)F. The normalized spacial score (nSPS) is 12.4. The van der Waals surface area contributed by atoms with E-state index in [1.807, 2.05) is 0 Å². The van der Waals surface area contributed by atoms with E-state index in [2.05, 4.69) is 31.9 Å². The summed E-state index contributed by atoms with van der Waals surface area (Å²) in [6, 6.07) is 4.27. The first-order chi connectivity index (χ1) is 8.07. The zero-order valence-corrected chi connectivity index (χ0v) is 11.5. The molecule has 0 atom stereocenters. The molecule has 1 N–H and O–H groups in total. The van der Waals surface area contributed by atoms with Gasteiger partial charge in [-0.1, -0.05) is 6.07 Å². The van der Waals surface area contributed by atoms with E-state index < -0.39 is 18.0 Å². The molecule has 0 saturated carbocycles. The van der Waals surface area contributed by atoms with Gasteiger partial charge in [-0.3, -0.25) is 4.79 Å². The van der Waals surface area contributed by atoms with Crippen LogP contribution in [0.2, 0.25) is 0 Å². The molecular formula is C9H4Br2F5NO. The van der Waals surface area contributed by atoms with E-state index in [1.165, 1.54) is 23.5 Å². The molecule has 2 nitrogen and oxygen atoms in total. The van der Waals surface area contributed by atoms with Crippen molar-refractivity contribution >= 4 is 43.5 Å². The molecule has 1 aromatic carbocycles. The molecule has 0 aliphatic heterocycles. The van der Waals surface area contributed by atoms with Gasteiger partial charge >= 0.3 is 18.0 Å². The van der Waals surface area contributed by atoms with Gasteiger partial charge in [0, 0.05) is 8.95 Å². The van der Waals surface area contributed by atoms with Crippen LogP contribution in [0.25, 0.3) is 0 Å². The highest BCUT2D eigenvalue weighted by Gasteiger charge is 2.63. The largest absolute Gasteiger partial charge is 0.463 e. The lowest BCUT2D eigenvalue weighted by Crippen LogP contribution is -2.47. The summed E-state index contributed by atoms with van der Waals surface area (Å²) in [7, 11) is 0. The Morgan fingerprint density at radius 3 is 1.89 bits per heavy atom. The molecular weight excluding hydrogens is 393 g/mol. The van der Waals surface area contributed by atoms with Crippen molar-refractivity contribution in [3.05, 3.63) is 27.1 Å². The molecule has 0 unspecified atom stereocenters. The van der Waals surface area contributed by atoms with Crippen LogP contribution in [0.15, 0.2) is 27.1 Å². The van der Waals surface area contributed by atoms with Gasteiger partial charge in [-0.2, -0.15) is 22.0 Å². The summed E-state index contributed by atoms with van der Waals surface area (Å²) in [4.78, 5) is 11.0. The Hall–Kier alpha value is -0.700. The van der Waals surface area contributed by atoms with Gasteiger partial charge in [0.1, 0.15) is 0 Å². The fourth-order valence-electron chi connectivity index (χ4n) is 0.938. The number of carbonyl (C=O) groups excluding carboxylic acids is 1. The molecule has 0 saturated heterocycles. The van der Waals surface area contributed by atoms with Gasteiger partial charge in [0.25, 0.3) is 0 Å². The first-order valence-corrected chi connectivity index (χ1v) is 5.86. The monoisotopic (exact) mass is 395 g/mol. The van der Waals surface area contributed by atoms with E-state index in [1.54, 1.807) is 0 Å². The van der Waals surface area contributed by atoms with Crippen LogP contribution in [0.3, 0.4) is 0 Å². The van der Waals surface area contributed by atoms with E-state index in [9.17, 15) is 26.7 Å². The Morgan fingerprint density at radius 1 is 1.06 bits per heavy atom. The van der Waals surface area contributed by atoms with Crippen molar-refractivity contribution < 1.29 is 26.7 Å². The van der Waals surface area contributed by atoms with Crippen LogP contribution in [0.5, 0.6) is 0 Å². The topological polar surface area (TPSA) is 29.1 Å². The third-order valence-corrected chi connectivity index (χ3v) is 3.16. The third-order valence-electron chi connectivity index (χ3n) is 1.84. The van der Waals surface area contributed by atoms with Gasteiger partial charge in [0.05, 0.1) is 5.69 Å². The lowest BCUT2D eigenvalue weighted by atomic mass is 10.2. The van der Waals surface area contributed by atoms with Crippen LogP contribution >= 0.6 is 31.9 Å². The number of benzene rings is 1. The van der Waals surface area contributed by atoms with Crippen molar-refractivity contribution in [2.75, 3.05) is 5.32 Å². The molecule has 0 heterocycles. The molecule has 0 aliphatic rings. The van der Waals surface area contributed by atoms with Crippen LogP contribution in [-0.2, 0) is 4.79 Å². The number of hydrogen-bond acceptors (Lipinski definition) is 1. The Bertz CT molecular complexity index is 454. The molecule has 0 radical (unpaired) electrons. The van der Waals surface area contributed by atoms with Gasteiger partial charge in [-0.05, 0) is 44.0 Å². The molecule has 100 valence electrons. The number of nitrogens with one attached hydrogen (secondary N) is 1. The lowest BCUT2D eigenvalue weighted by Gasteiger charge is -2.19. The molecule has 1 rings (SSSR count). The maximum absolute atomic E-state index is 12.7. The van der Waals surface area contributed by atoms with Crippen molar-refractivity contribution in [1.29, 1.82) is 0 Å². The zero-order valence-electron chi connectivity index (χ0n) is 8.29. The maximum atomic E-state index is 12.7. The first kappa shape index (κ1) is 15.4. The molecule has 1 amide bonds. The molecule has 0 bridgehead atoms. The van der Waals surface area contributed by atoms with Crippen LogP contribution in [-0.4, -0.2) is 18.0 Å². The predicted molar refractivity (Wildman–Crippen MR) is 61.5 cm³/mol. The minimum absolute atomic E-state index is 0.170. The predicted octanol–water partition coefficient (Wildman–Crippen LogP) is 4.35. The fourth-order valence-corrected chi connectivity index (χ4v) is 2.13. The number of hydrogen-bond donors (Lipinski definition) is 1. The van der Waals surface area contributed by atoms with Gasteiger partial charge in [0.2, 0.25) is 0 Å². The molecule has 0 fully saturated rings. The minimum Gasteiger partial charge on any atom is -0.319 e. The summed E-state index contributed by atoms with van der Waals surface area (Å²) in [6.45, 7) is 0. The number of carbonyl (C=O) groups is 1. The lowest BCUT2D eigenvalue weighted by molar-refractivity contribution is -0.267. The Kier molecular flexibility index (Phi) is 4.37. The van der Waals surface area contributed by atoms with E-state index >= 15 is 0 Å². The second kappa shape index (κ2) is 5.12. The quantitative estimate of drug-likeness (QED) is 0.740. The summed E-state index contributed by atoms with van der Waals surface area (Å²) in [5.74, 6) is -7.90. The summed E-state index contributed by atoms with van der Waals surface area (Å²) < 4.78 is 61.6. The van der Waals surface area contributed by atoms with Crippen molar-refractivity contribution in [2.24, 2.45) is 0 Å². The van der Waals surface area contributed by atoms with Crippen LogP contribution in [0.1, 0.15) is 0 Å². The molecule has 0 aromatic heterocycles. The molecule has 18 heavy (non-hydrogen) atoms. The Labute approximate surface area is 115 Å². The summed E-state index contributed by atoms with van der Waals surface area (Å²) in [6.07, 6.45) is -5.94. The average Bonchev–Trinajstić information content (AvgIpc) is 2.21. The highest BCUT2D eigenvalue weighted by Crippen LogP contribution is 2.38. The van der Waals surface area contributed by atoms with Crippen molar-refractivity contribution in [3.63, 3.8) is 0 Å². The maximum Gasteiger partial charge on any atom is 0.463 e. The number of alkyl halides is 5. The van der Waals surface area contributed by atoms with E-state index in [0.29, 0.717) is 0 Å². The number of anilines is 1. The van der Waals surface area contributed by atoms with Crippen LogP contribution in [0.4, 0.5) is 27.6 Å². The minimum atomic E-state index is -5.94. The standard InChI is InChI=1S/C9H4Br2F5NO/c10-4-2-1-3-5(11)6(4)17-7(18)8(12,13)9(14,15)16/h1-3H,(H,17,18). The Balaban J connectivity index is 3.03. The third kappa shape index (κ3) is 3.00. The second-order valence-electron chi connectivity index (χ2n) is 3.12. The molecule has 9 heteroatoms. The van der Waals surface area contributed by atoms with Crippen LogP contribution in [0, 0.1) is 0 Å². The van der Waals surface area contributed by atoms with Crippen molar-refractivity contribution in [3.8, 4) is 0 Å². The number of rotatable bonds is 2. The van der Waals surface area contributed by atoms with E-state index in [4.69, 9.17) is 0 Å².